The fourth-order valence-corrected chi connectivity index (χ4v) is 4.13. The summed E-state index contributed by atoms with van der Waals surface area (Å²) in [7, 11) is 1.63. The fourth-order valence-electron chi connectivity index (χ4n) is 3.96. The average molecular weight is 446 g/mol. The monoisotopic (exact) mass is 445 g/mol. The van der Waals surface area contributed by atoms with E-state index in [0.717, 1.165) is 44.7 Å². The summed E-state index contributed by atoms with van der Waals surface area (Å²) in [4.78, 5) is 12.5. The summed E-state index contributed by atoms with van der Waals surface area (Å²) in [5.74, 6) is 0.561. The number of aromatic nitrogens is 1. The molecule has 1 aromatic heterocycles. The maximum Gasteiger partial charge on any atom is 0.244 e. The average Bonchev–Trinajstić information content (AvgIpc) is 3.07. The number of hydrazone groups is 1. The Labute approximate surface area is 192 Å². The number of amides is 1. The van der Waals surface area contributed by atoms with Gasteiger partial charge in [-0.15, -0.1) is 0 Å². The lowest BCUT2D eigenvalue weighted by molar-refractivity contribution is -0.120. The Kier molecular flexibility index (Phi) is 6.28. The molecule has 0 aliphatic carbocycles. The zero-order valence-corrected chi connectivity index (χ0v) is 19.0. The molecule has 4 aromatic rings. The van der Waals surface area contributed by atoms with Gasteiger partial charge in [-0.05, 0) is 54.4 Å². The van der Waals surface area contributed by atoms with Crippen LogP contribution in [0.15, 0.2) is 71.8 Å². The molecule has 1 N–H and O–H groups in total. The molecule has 0 unspecified atom stereocenters. The molecule has 0 radical (unpaired) electrons. The van der Waals surface area contributed by atoms with Crippen LogP contribution in [0.5, 0.6) is 5.75 Å². The number of hydrogen-bond acceptors (Lipinski definition) is 3. The number of nitrogens with zero attached hydrogens (tertiary/aromatic N) is 2. The van der Waals surface area contributed by atoms with Gasteiger partial charge < -0.3 is 9.30 Å². The molecular weight excluding hydrogens is 422 g/mol. The Hall–Kier alpha value is -3.57. The SMILES string of the molecule is COc1ccc(Cl)cc1-n1c(C)cc(/C=N\NC(=O)Cc2cccc3ccccc23)c1C. The Morgan fingerprint density at radius 3 is 2.69 bits per heavy atom. The summed E-state index contributed by atoms with van der Waals surface area (Å²) >= 11 is 6.21. The molecular formula is C26H24ClN3O2. The van der Waals surface area contributed by atoms with Crippen molar-refractivity contribution in [2.45, 2.75) is 20.3 Å². The highest BCUT2D eigenvalue weighted by atomic mass is 35.5. The van der Waals surface area contributed by atoms with Gasteiger partial charge in [-0.1, -0.05) is 54.1 Å². The van der Waals surface area contributed by atoms with Crippen molar-refractivity contribution in [1.29, 1.82) is 0 Å². The van der Waals surface area contributed by atoms with Gasteiger partial charge in [0.15, 0.2) is 0 Å². The van der Waals surface area contributed by atoms with Crippen molar-refractivity contribution in [3.05, 3.63) is 94.3 Å². The summed E-state index contributed by atoms with van der Waals surface area (Å²) in [6.45, 7) is 4.00. The van der Waals surface area contributed by atoms with Crippen LogP contribution in [0.1, 0.15) is 22.5 Å². The van der Waals surface area contributed by atoms with Crippen LogP contribution in [0.3, 0.4) is 0 Å². The van der Waals surface area contributed by atoms with Gasteiger partial charge in [0, 0.05) is 22.0 Å². The molecule has 4 rings (SSSR count). The number of methoxy groups -OCH3 is 1. The van der Waals surface area contributed by atoms with Crippen LogP contribution in [-0.4, -0.2) is 23.8 Å². The third kappa shape index (κ3) is 4.39. The highest BCUT2D eigenvalue weighted by molar-refractivity contribution is 6.30. The lowest BCUT2D eigenvalue weighted by Gasteiger charge is -2.14. The van der Waals surface area contributed by atoms with Gasteiger partial charge in [-0.2, -0.15) is 5.10 Å². The van der Waals surface area contributed by atoms with Crippen LogP contribution in [0, 0.1) is 13.8 Å². The van der Waals surface area contributed by atoms with E-state index in [1.54, 1.807) is 19.4 Å². The second-order valence-electron chi connectivity index (χ2n) is 7.59. The fraction of sp³-hybridized carbons (Fsp3) is 0.154. The summed E-state index contributed by atoms with van der Waals surface area (Å²) in [6.07, 6.45) is 1.92. The van der Waals surface area contributed by atoms with Crippen molar-refractivity contribution in [2.75, 3.05) is 7.11 Å². The molecule has 0 bridgehead atoms. The van der Waals surface area contributed by atoms with E-state index in [4.69, 9.17) is 16.3 Å². The molecule has 0 aliphatic heterocycles. The van der Waals surface area contributed by atoms with Crippen molar-refractivity contribution in [3.63, 3.8) is 0 Å². The van der Waals surface area contributed by atoms with Gasteiger partial charge in [0.05, 0.1) is 25.4 Å². The van der Waals surface area contributed by atoms with Crippen molar-refractivity contribution in [3.8, 4) is 11.4 Å². The molecule has 0 saturated heterocycles. The highest BCUT2D eigenvalue weighted by Gasteiger charge is 2.14. The van der Waals surface area contributed by atoms with E-state index in [0.29, 0.717) is 5.02 Å². The number of carbonyl (C=O) groups is 1. The van der Waals surface area contributed by atoms with Gasteiger partial charge in [-0.25, -0.2) is 5.43 Å². The standard InChI is InChI=1S/C26H24ClN3O2/c1-17-13-21(18(2)30(17)24-15-22(27)11-12-25(24)32-3)16-28-29-26(31)14-20-9-6-8-19-7-4-5-10-23(19)20/h4-13,15-16H,14H2,1-3H3,(H,29,31)/b28-16-. The predicted molar refractivity (Wildman–Crippen MR) is 130 cm³/mol. The molecule has 0 spiro atoms. The Morgan fingerprint density at radius 1 is 1.09 bits per heavy atom. The minimum Gasteiger partial charge on any atom is -0.495 e. The first-order valence-electron chi connectivity index (χ1n) is 10.3. The highest BCUT2D eigenvalue weighted by Crippen LogP contribution is 2.30. The number of aryl methyl sites for hydroxylation is 1. The minimum atomic E-state index is -0.164. The van der Waals surface area contributed by atoms with Crippen LogP contribution in [-0.2, 0) is 11.2 Å². The topological polar surface area (TPSA) is 55.6 Å². The van der Waals surface area contributed by atoms with Crippen molar-refractivity contribution in [1.82, 2.24) is 9.99 Å². The van der Waals surface area contributed by atoms with E-state index < -0.39 is 0 Å². The van der Waals surface area contributed by atoms with E-state index in [1.165, 1.54) is 0 Å². The van der Waals surface area contributed by atoms with Gasteiger partial charge in [0.25, 0.3) is 0 Å². The molecule has 1 heterocycles. The van der Waals surface area contributed by atoms with E-state index >= 15 is 0 Å². The predicted octanol–water partition coefficient (Wildman–Crippen LogP) is 5.60. The third-order valence-corrected chi connectivity index (χ3v) is 5.71. The van der Waals surface area contributed by atoms with Crippen LogP contribution in [0.25, 0.3) is 16.5 Å². The smallest absolute Gasteiger partial charge is 0.244 e. The first-order valence-corrected chi connectivity index (χ1v) is 10.7. The van der Waals surface area contributed by atoms with E-state index in [2.05, 4.69) is 15.1 Å². The molecule has 0 aliphatic rings. The Bertz CT molecular complexity index is 1320. The van der Waals surface area contributed by atoms with E-state index in [1.807, 2.05) is 74.5 Å². The third-order valence-electron chi connectivity index (χ3n) is 5.48. The van der Waals surface area contributed by atoms with Gasteiger partial charge in [-0.3, -0.25) is 4.79 Å². The number of ether oxygens (including phenoxy) is 1. The Balaban J connectivity index is 1.52. The number of nitrogens with one attached hydrogen (secondary N) is 1. The zero-order chi connectivity index (χ0) is 22.7. The second kappa shape index (κ2) is 9.28. The van der Waals surface area contributed by atoms with Crippen molar-refractivity contribution in [2.24, 2.45) is 5.10 Å². The summed E-state index contributed by atoms with van der Waals surface area (Å²) in [6, 6.07) is 21.5. The van der Waals surface area contributed by atoms with Crippen molar-refractivity contribution < 1.29 is 9.53 Å². The first kappa shape index (κ1) is 21.7. The van der Waals surface area contributed by atoms with Crippen molar-refractivity contribution >= 4 is 34.5 Å². The molecule has 6 heteroatoms. The minimum absolute atomic E-state index is 0.164. The maximum atomic E-state index is 12.5. The van der Waals surface area contributed by atoms with Gasteiger partial charge in [0.1, 0.15) is 5.75 Å². The van der Waals surface area contributed by atoms with Crippen LogP contribution in [0.4, 0.5) is 0 Å². The number of benzene rings is 3. The van der Waals surface area contributed by atoms with E-state index in [9.17, 15) is 4.79 Å². The molecule has 0 saturated carbocycles. The maximum absolute atomic E-state index is 12.5. The molecule has 0 fully saturated rings. The molecule has 32 heavy (non-hydrogen) atoms. The van der Waals surface area contributed by atoms with Crippen LogP contribution in [0.2, 0.25) is 5.02 Å². The second-order valence-corrected chi connectivity index (χ2v) is 8.02. The number of rotatable bonds is 6. The first-order chi connectivity index (χ1) is 15.5. The van der Waals surface area contributed by atoms with Gasteiger partial charge in [0.2, 0.25) is 5.91 Å². The molecule has 162 valence electrons. The number of hydrogen-bond donors (Lipinski definition) is 1. The molecule has 5 nitrogen and oxygen atoms in total. The zero-order valence-electron chi connectivity index (χ0n) is 18.2. The quantitative estimate of drug-likeness (QED) is 0.310. The van der Waals surface area contributed by atoms with Crippen LogP contribution >= 0.6 is 11.6 Å². The van der Waals surface area contributed by atoms with Gasteiger partial charge >= 0.3 is 0 Å². The number of carbonyl (C=O) groups excluding carboxylic acids is 1. The largest absolute Gasteiger partial charge is 0.495 e. The van der Waals surface area contributed by atoms with Crippen LogP contribution < -0.4 is 10.2 Å². The molecule has 3 aromatic carbocycles. The number of halogens is 1. The lowest BCUT2D eigenvalue weighted by atomic mass is 10.0. The number of fused-ring (bicyclic) bond motifs is 1. The Morgan fingerprint density at radius 2 is 1.88 bits per heavy atom. The summed E-state index contributed by atoms with van der Waals surface area (Å²) < 4.78 is 7.56. The molecule has 0 atom stereocenters. The van der Waals surface area contributed by atoms with E-state index in [-0.39, 0.29) is 12.3 Å². The lowest BCUT2D eigenvalue weighted by Crippen LogP contribution is -2.20. The summed E-state index contributed by atoms with van der Waals surface area (Å²) in [5, 5.41) is 7.01. The summed E-state index contributed by atoms with van der Waals surface area (Å²) in [5.41, 5.74) is 7.35. The molecule has 1 amide bonds. The normalized spacial score (nSPS) is 11.2.